The number of amides is 1. The average Bonchev–Trinajstić information content (AvgIpc) is 2.60. The van der Waals surface area contributed by atoms with E-state index in [9.17, 15) is 26.4 Å². The summed E-state index contributed by atoms with van der Waals surface area (Å²) < 4.78 is 65.9. The number of carbonyl (C=O) groups excluding carboxylic acids is 1. The lowest BCUT2D eigenvalue weighted by Gasteiger charge is -2.34. The zero-order chi connectivity index (χ0) is 21.1. The standard InChI is InChI=1S/C19H27F3N2O3S/c1-13(2)11-14(3)18(25)24-9-7-16(8-10-24)23-28(26,27)17-6-4-5-15(12-17)19(20,21)22/h4-6,12-14,16,23H,7-11H2,1-3H3. The average molecular weight is 420 g/mol. The molecule has 1 aliphatic rings. The molecule has 0 aliphatic carbocycles. The number of likely N-dealkylation sites (tertiary alicyclic amines) is 1. The second-order valence-corrected chi connectivity index (χ2v) is 9.49. The van der Waals surface area contributed by atoms with Crippen LogP contribution < -0.4 is 4.72 Å². The van der Waals surface area contributed by atoms with Gasteiger partial charge < -0.3 is 4.90 Å². The van der Waals surface area contributed by atoms with Crippen molar-refractivity contribution in [1.29, 1.82) is 0 Å². The molecule has 0 bridgehead atoms. The van der Waals surface area contributed by atoms with Crippen molar-refractivity contribution in [1.82, 2.24) is 9.62 Å². The predicted molar refractivity (Wildman–Crippen MR) is 100.0 cm³/mol. The van der Waals surface area contributed by atoms with Crippen LogP contribution in [-0.2, 0) is 21.0 Å². The van der Waals surface area contributed by atoms with Crippen molar-refractivity contribution in [2.45, 2.75) is 57.1 Å². The van der Waals surface area contributed by atoms with Gasteiger partial charge in [-0.1, -0.05) is 26.8 Å². The summed E-state index contributed by atoms with van der Waals surface area (Å²) in [5.41, 5.74) is -1.00. The summed E-state index contributed by atoms with van der Waals surface area (Å²) in [4.78, 5) is 13.8. The molecule has 2 rings (SSSR count). The third-order valence-corrected chi connectivity index (χ3v) is 6.36. The van der Waals surface area contributed by atoms with E-state index in [-0.39, 0.29) is 11.8 Å². The maximum absolute atomic E-state index is 12.8. The maximum atomic E-state index is 12.8. The Morgan fingerprint density at radius 1 is 1.21 bits per heavy atom. The zero-order valence-corrected chi connectivity index (χ0v) is 17.1. The van der Waals surface area contributed by atoms with Crippen LogP contribution in [0.15, 0.2) is 29.2 Å². The zero-order valence-electron chi connectivity index (χ0n) is 16.3. The number of carbonyl (C=O) groups is 1. The number of rotatable bonds is 6. The fraction of sp³-hybridized carbons (Fsp3) is 0.632. The van der Waals surface area contributed by atoms with Crippen molar-refractivity contribution in [3.8, 4) is 0 Å². The molecule has 0 aromatic heterocycles. The molecule has 9 heteroatoms. The molecule has 1 fully saturated rings. The minimum absolute atomic E-state index is 0.0629. The van der Waals surface area contributed by atoms with Gasteiger partial charge in [-0.05, 0) is 43.4 Å². The molecule has 5 nitrogen and oxygen atoms in total. The first-order valence-electron chi connectivity index (χ1n) is 9.38. The van der Waals surface area contributed by atoms with Gasteiger partial charge in [0.2, 0.25) is 15.9 Å². The van der Waals surface area contributed by atoms with Gasteiger partial charge >= 0.3 is 6.18 Å². The molecule has 1 heterocycles. The third-order valence-electron chi connectivity index (χ3n) is 4.85. The topological polar surface area (TPSA) is 66.5 Å². The van der Waals surface area contributed by atoms with E-state index in [1.54, 1.807) is 4.90 Å². The molecule has 1 aromatic rings. The van der Waals surface area contributed by atoms with Crippen LogP contribution in [0.1, 0.15) is 45.6 Å². The third kappa shape index (κ3) is 5.94. The van der Waals surface area contributed by atoms with Crippen molar-refractivity contribution in [2.24, 2.45) is 11.8 Å². The van der Waals surface area contributed by atoms with Crippen LogP contribution in [0.4, 0.5) is 13.2 Å². The van der Waals surface area contributed by atoms with Gasteiger partial charge in [0.25, 0.3) is 0 Å². The number of nitrogens with one attached hydrogen (secondary N) is 1. The minimum atomic E-state index is -4.61. The van der Waals surface area contributed by atoms with Crippen molar-refractivity contribution >= 4 is 15.9 Å². The number of benzene rings is 1. The Balaban J connectivity index is 1.98. The highest BCUT2D eigenvalue weighted by molar-refractivity contribution is 7.89. The largest absolute Gasteiger partial charge is 0.416 e. The molecule has 1 aromatic carbocycles. The summed E-state index contributed by atoms with van der Waals surface area (Å²) in [6.07, 6.45) is -2.96. The minimum Gasteiger partial charge on any atom is -0.342 e. The molecule has 0 radical (unpaired) electrons. The second-order valence-electron chi connectivity index (χ2n) is 7.78. The van der Waals surface area contributed by atoms with Gasteiger partial charge in [-0.3, -0.25) is 4.79 Å². The first-order chi connectivity index (χ1) is 12.9. The van der Waals surface area contributed by atoms with Crippen LogP contribution in [0, 0.1) is 11.8 Å². The monoisotopic (exact) mass is 420 g/mol. The molecular formula is C19H27F3N2O3S. The number of halogens is 3. The molecule has 1 amide bonds. The highest BCUT2D eigenvalue weighted by atomic mass is 32.2. The van der Waals surface area contributed by atoms with E-state index in [2.05, 4.69) is 18.6 Å². The van der Waals surface area contributed by atoms with E-state index in [1.165, 1.54) is 0 Å². The van der Waals surface area contributed by atoms with E-state index in [0.29, 0.717) is 37.9 Å². The summed E-state index contributed by atoms with van der Waals surface area (Å²) in [7, 11) is -4.07. The molecule has 1 unspecified atom stereocenters. The van der Waals surface area contributed by atoms with Crippen molar-refractivity contribution < 1.29 is 26.4 Å². The van der Waals surface area contributed by atoms with E-state index in [0.717, 1.165) is 24.6 Å². The number of hydrogen-bond donors (Lipinski definition) is 1. The van der Waals surface area contributed by atoms with Crippen LogP contribution in [-0.4, -0.2) is 38.4 Å². The van der Waals surface area contributed by atoms with Crippen LogP contribution in [0.3, 0.4) is 0 Å². The Morgan fingerprint density at radius 3 is 2.36 bits per heavy atom. The lowest BCUT2D eigenvalue weighted by Crippen LogP contribution is -2.47. The Kier molecular flexibility index (Phi) is 7.14. The van der Waals surface area contributed by atoms with Crippen molar-refractivity contribution in [2.75, 3.05) is 13.1 Å². The van der Waals surface area contributed by atoms with Gasteiger partial charge in [-0.2, -0.15) is 13.2 Å². The lowest BCUT2D eigenvalue weighted by molar-refractivity contribution is -0.138. The van der Waals surface area contributed by atoms with E-state index in [4.69, 9.17) is 0 Å². The molecule has 158 valence electrons. The first-order valence-corrected chi connectivity index (χ1v) is 10.9. The van der Waals surface area contributed by atoms with Gasteiger partial charge in [0.15, 0.2) is 0 Å². The smallest absolute Gasteiger partial charge is 0.342 e. The number of nitrogens with zero attached hydrogens (tertiary/aromatic N) is 1. The predicted octanol–water partition coefficient (Wildman–Crippen LogP) is 3.66. The fourth-order valence-corrected chi connectivity index (χ4v) is 4.81. The highest BCUT2D eigenvalue weighted by Gasteiger charge is 2.33. The highest BCUT2D eigenvalue weighted by Crippen LogP contribution is 2.30. The molecule has 1 N–H and O–H groups in total. The Morgan fingerprint density at radius 2 is 1.82 bits per heavy atom. The molecule has 0 saturated carbocycles. The molecule has 1 aliphatic heterocycles. The SMILES string of the molecule is CC(C)CC(C)C(=O)N1CCC(NS(=O)(=O)c2cccc(C(F)(F)F)c2)CC1. The number of alkyl halides is 3. The van der Waals surface area contributed by atoms with Crippen LogP contribution in [0.25, 0.3) is 0 Å². The summed E-state index contributed by atoms with van der Waals surface area (Å²) in [6, 6.07) is 3.28. The number of sulfonamides is 1. The van der Waals surface area contributed by atoms with Crippen LogP contribution in [0.5, 0.6) is 0 Å². The van der Waals surface area contributed by atoms with Gasteiger partial charge in [0.05, 0.1) is 10.5 Å². The Labute approximate surface area is 164 Å². The molecule has 1 atom stereocenters. The quantitative estimate of drug-likeness (QED) is 0.764. The second kappa shape index (κ2) is 8.82. The molecule has 28 heavy (non-hydrogen) atoms. The van der Waals surface area contributed by atoms with Crippen LogP contribution >= 0.6 is 0 Å². The normalized spacial score (nSPS) is 17.8. The van der Waals surface area contributed by atoms with Gasteiger partial charge in [-0.15, -0.1) is 0 Å². The fourth-order valence-electron chi connectivity index (χ4n) is 3.46. The summed E-state index contributed by atoms with van der Waals surface area (Å²) in [5.74, 6) is 0.391. The Bertz CT molecular complexity index is 786. The first kappa shape index (κ1) is 22.7. The summed E-state index contributed by atoms with van der Waals surface area (Å²) in [5, 5.41) is 0. The Hall–Kier alpha value is -1.61. The van der Waals surface area contributed by atoms with Crippen molar-refractivity contribution in [3.05, 3.63) is 29.8 Å². The van der Waals surface area contributed by atoms with Gasteiger partial charge in [-0.25, -0.2) is 13.1 Å². The maximum Gasteiger partial charge on any atom is 0.416 e. The molecular weight excluding hydrogens is 393 g/mol. The van der Waals surface area contributed by atoms with E-state index < -0.39 is 32.7 Å². The van der Waals surface area contributed by atoms with Crippen LogP contribution in [0.2, 0.25) is 0 Å². The summed E-state index contributed by atoms with van der Waals surface area (Å²) >= 11 is 0. The van der Waals surface area contributed by atoms with E-state index in [1.807, 2.05) is 6.92 Å². The van der Waals surface area contributed by atoms with E-state index >= 15 is 0 Å². The number of piperidine rings is 1. The van der Waals surface area contributed by atoms with Crippen molar-refractivity contribution in [3.63, 3.8) is 0 Å². The molecule has 0 spiro atoms. The van der Waals surface area contributed by atoms with Gasteiger partial charge in [0, 0.05) is 25.0 Å². The summed E-state index contributed by atoms with van der Waals surface area (Å²) in [6.45, 7) is 6.86. The number of hydrogen-bond acceptors (Lipinski definition) is 3. The van der Waals surface area contributed by atoms with Gasteiger partial charge in [0.1, 0.15) is 0 Å². The lowest BCUT2D eigenvalue weighted by atomic mass is 9.96. The molecule has 1 saturated heterocycles.